The molecule has 19 heavy (non-hydrogen) atoms. The van der Waals surface area contributed by atoms with Crippen molar-refractivity contribution in [3.63, 3.8) is 0 Å². The molecule has 0 aliphatic carbocycles. The highest BCUT2D eigenvalue weighted by atomic mass is 16.5. The summed E-state index contributed by atoms with van der Waals surface area (Å²) in [4.78, 5) is 8.42. The van der Waals surface area contributed by atoms with Crippen LogP contribution in [-0.2, 0) is 0 Å². The minimum Gasteiger partial charge on any atom is -0.439 e. The molecule has 0 amide bonds. The lowest BCUT2D eigenvalue weighted by molar-refractivity contribution is 0.457. The van der Waals surface area contributed by atoms with Crippen molar-refractivity contribution in [2.45, 2.75) is 27.2 Å². The van der Waals surface area contributed by atoms with Crippen molar-refractivity contribution in [1.82, 2.24) is 9.97 Å². The molecule has 0 saturated heterocycles. The van der Waals surface area contributed by atoms with Crippen LogP contribution >= 0.6 is 0 Å². The van der Waals surface area contributed by atoms with E-state index in [1.165, 1.54) is 11.9 Å². The highest BCUT2D eigenvalue weighted by molar-refractivity contribution is 5.48. The summed E-state index contributed by atoms with van der Waals surface area (Å²) in [6, 6.07) is 7.91. The molecule has 0 bridgehead atoms. The van der Waals surface area contributed by atoms with Crippen LogP contribution in [-0.4, -0.2) is 16.5 Å². The molecule has 2 rings (SSSR count). The van der Waals surface area contributed by atoms with Gasteiger partial charge in [0.15, 0.2) is 0 Å². The van der Waals surface area contributed by atoms with E-state index in [0.29, 0.717) is 5.88 Å². The zero-order valence-electron chi connectivity index (χ0n) is 11.6. The zero-order valence-corrected chi connectivity index (χ0v) is 11.6. The predicted molar refractivity (Wildman–Crippen MR) is 76.8 cm³/mol. The van der Waals surface area contributed by atoms with Gasteiger partial charge < -0.3 is 10.1 Å². The molecule has 0 saturated carbocycles. The first-order valence-electron chi connectivity index (χ1n) is 6.50. The van der Waals surface area contributed by atoms with Crippen LogP contribution in [0.25, 0.3) is 0 Å². The summed E-state index contributed by atoms with van der Waals surface area (Å²) in [5, 5.41) is 3.27. The van der Waals surface area contributed by atoms with Crippen molar-refractivity contribution in [2.24, 2.45) is 0 Å². The summed E-state index contributed by atoms with van der Waals surface area (Å²) in [5.41, 5.74) is 2.13. The van der Waals surface area contributed by atoms with Crippen molar-refractivity contribution in [3.8, 4) is 11.6 Å². The fraction of sp³-hybridized carbons (Fsp3) is 0.333. The van der Waals surface area contributed by atoms with E-state index in [1.807, 2.05) is 38.1 Å². The first-order valence-corrected chi connectivity index (χ1v) is 6.50. The molecule has 0 aliphatic rings. The second-order valence-electron chi connectivity index (χ2n) is 4.49. The average Bonchev–Trinajstić information content (AvgIpc) is 2.42. The summed E-state index contributed by atoms with van der Waals surface area (Å²) in [6.45, 7) is 7.02. The Balaban J connectivity index is 2.18. The predicted octanol–water partition coefficient (Wildman–Crippen LogP) is 3.71. The summed E-state index contributed by atoms with van der Waals surface area (Å²) in [5.74, 6) is 2.21. The molecular weight excluding hydrogens is 238 g/mol. The van der Waals surface area contributed by atoms with Crippen LogP contribution in [0, 0.1) is 13.8 Å². The van der Waals surface area contributed by atoms with Crippen molar-refractivity contribution in [2.75, 3.05) is 11.9 Å². The van der Waals surface area contributed by atoms with E-state index in [-0.39, 0.29) is 0 Å². The van der Waals surface area contributed by atoms with Crippen LogP contribution in [0.4, 0.5) is 5.82 Å². The van der Waals surface area contributed by atoms with Crippen molar-refractivity contribution in [1.29, 1.82) is 0 Å². The largest absolute Gasteiger partial charge is 0.439 e. The molecule has 4 heteroatoms. The molecule has 1 heterocycles. The molecule has 0 atom stereocenters. The number of aromatic nitrogens is 2. The molecule has 100 valence electrons. The van der Waals surface area contributed by atoms with Gasteiger partial charge in [-0.1, -0.05) is 24.6 Å². The van der Waals surface area contributed by atoms with Gasteiger partial charge in [-0.05, 0) is 32.4 Å². The van der Waals surface area contributed by atoms with Gasteiger partial charge >= 0.3 is 0 Å². The molecule has 0 radical (unpaired) electrons. The average molecular weight is 257 g/mol. The molecule has 1 aromatic heterocycles. The first-order chi connectivity index (χ1) is 9.20. The van der Waals surface area contributed by atoms with E-state index >= 15 is 0 Å². The fourth-order valence-corrected chi connectivity index (χ4v) is 1.68. The van der Waals surface area contributed by atoms with Crippen molar-refractivity contribution >= 4 is 5.82 Å². The fourth-order valence-electron chi connectivity index (χ4n) is 1.68. The van der Waals surface area contributed by atoms with E-state index < -0.39 is 0 Å². The Hall–Kier alpha value is -2.10. The lowest BCUT2D eigenvalue weighted by atomic mass is 10.2. The summed E-state index contributed by atoms with van der Waals surface area (Å²) in [6.07, 6.45) is 2.58. The van der Waals surface area contributed by atoms with Gasteiger partial charge in [-0.25, -0.2) is 9.97 Å². The summed E-state index contributed by atoms with van der Waals surface area (Å²) < 4.78 is 5.79. The van der Waals surface area contributed by atoms with Crippen LogP contribution in [0.2, 0.25) is 0 Å². The quantitative estimate of drug-likeness (QED) is 0.887. The minimum absolute atomic E-state index is 0.595. The van der Waals surface area contributed by atoms with Crippen LogP contribution in [0.5, 0.6) is 11.6 Å². The maximum Gasteiger partial charge on any atom is 0.227 e. The van der Waals surface area contributed by atoms with Gasteiger partial charge in [-0.15, -0.1) is 0 Å². The van der Waals surface area contributed by atoms with Gasteiger partial charge in [-0.2, -0.15) is 0 Å². The Labute approximate surface area is 113 Å². The summed E-state index contributed by atoms with van der Waals surface area (Å²) >= 11 is 0. The monoisotopic (exact) mass is 257 g/mol. The second kappa shape index (κ2) is 6.18. The normalized spacial score (nSPS) is 10.3. The van der Waals surface area contributed by atoms with Gasteiger partial charge in [0.2, 0.25) is 5.88 Å². The van der Waals surface area contributed by atoms with Gasteiger partial charge in [-0.3, -0.25) is 0 Å². The van der Waals surface area contributed by atoms with Crippen molar-refractivity contribution < 1.29 is 4.74 Å². The number of rotatable bonds is 5. The molecule has 2 aromatic rings. The van der Waals surface area contributed by atoms with Crippen LogP contribution in [0.1, 0.15) is 24.5 Å². The molecule has 0 unspecified atom stereocenters. The van der Waals surface area contributed by atoms with Gasteiger partial charge in [0.1, 0.15) is 17.9 Å². The van der Waals surface area contributed by atoms with E-state index in [1.54, 1.807) is 0 Å². The Bertz CT molecular complexity index is 538. The number of nitrogens with zero attached hydrogens (tertiary/aromatic N) is 2. The molecule has 4 nitrogen and oxygen atoms in total. The number of aryl methyl sites for hydroxylation is 1. The van der Waals surface area contributed by atoms with E-state index in [0.717, 1.165) is 30.1 Å². The topological polar surface area (TPSA) is 47.0 Å². The van der Waals surface area contributed by atoms with Crippen LogP contribution in [0.15, 0.2) is 30.6 Å². The Morgan fingerprint density at radius 1 is 1.11 bits per heavy atom. The molecule has 0 spiro atoms. The van der Waals surface area contributed by atoms with Crippen LogP contribution in [0.3, 0.4) is 0 Å². The third kappa shape index (κ3) is 3.44. The minimum atomic E-state index is 0.595. The zero-order chi connectivity index (χ0) is 13.7. The third-order valence-corrected chi connectivity index (χ3v) is 2.82. The first kappa shape index (κ1) is 13.3. The molecule has 0 fully saturated rings. The summed E-state index contributed by atoms with van der Waals surface area (Å²) in [7, 11) is 0. The number of hydrogen-bond donors (Lipinski definition) is 1. The Morgan fingerprint density at radius 2 is 1.84 bits per heavy atom. The second-order valence-corrected chi connectivity index (χ2v) is 4.49. The lowest BCUT2D eigenvalue weighted by Crippen LogP contribution is -2.05. The molecule has 0 aliphatic heterocycles. The van der Waals surface area contributed by atoms with Gasteiger partial charge in [0.25, 0.3) is 0 Å². The Kier molecular flexibility index (Phi) is 4.34. The lowest BCUT2D eigenvalue weighted by Gasteiger charge is -2.11. The number of hydrogen-bond acceptors (Lipinski definition) is 4. The highest BCUT2D eigenvalue weighted by Crippen LogP contribution is 2.26. The number of nitrogens with one attached hydrogen (secondary N) is 1. The SMILES string of the molecule is CCCNc1ncnc(Oc2ccc(C)cc2)c1C. The van der Waals surface area contributed by atoms with E-state index in [4.69, 9.17) is 4.74 Å². The van der Waals surface area contributed by atoms with Gasteiger partial charge in [0.05, 0.1) is 5.56 Å². The van der Waals surface area contributed by atoms with E-state index in [2.05, 4.69) is 22.2 Å². The Morgan fingerprint density at radius 3 is 2.53 bits per heavy atom. The third-order valence-electron chi connectivity index (χ3n) is 2.82. The van der Waals surface area contributed by atoms with Gasteiger partial charge in [0, 0.05) is 6.54 Å². The van der Waals surface area contributed by atoms with E-state index in [9.17, 15) is 0 Å². The standard InChI is InChI=1S/C15H19N3O/c1-4-9-16-14-12(3)15(18-10-17-14)19-13-7-5-11(2)6-8-13/h5-8,10H,4,9H2,1-3H3,(H,16,17,18). The molecule has 1 aromatic carbocycles. The number of benzene rings is 1. The number of ether oxygens (including phenoxy) is 1. The highest BCUT2D eigenvalue weighted by Gasteiger charge is 2.08. The molecule has 1 N–H and O–H groups in total. The molecular formula is C15H19N3O. The maximum atomic E-state index is 5.79. The van der Waals surface area contributed by atoms with Crippen LogP contribution < -0.4 is 10.1 Å². The smallest absolute Gasteiger partial charge is 0.227 e. The maximum absolute atomic E-state index is 5.79. The number of anilines is 1. The van der Waals surface area contributed by atoms with Crippen molar-refractivity contribution in [3.05, 3.63) is 41.7 Å².